The number of para-hydroxylation sites is 1. The maximum Gasteiger partial charge on any atom is 0.183 e. The number of hydrogen-bond donors (Lipinski definition) is 0. The molecule has 0 bridgehead atoms. The molecule has 0 amide bonds. The van der Waals surface area contributed by atoms with E-state index in [9.17, 15) is 0 Å². The third-order valence-corrected chi connectivity index (χ3v) is 10.7. The molecule has 0 unspecified atom stereocenters. The highest BCUT2D eigenvalue weighted by Gasteiger charge is 2.20. The lowest BCUT2D eigenvalue weighted by Gasteiger charge is -2.16. The van der Waals surface area contributed by atoms with Crippen LogP contribution in [0.5, 0.6) is 0 Å². The first-order chi connectivity index (χ1) is 26.8. The van der Waals surface area contributed by atoms with Crippen LogP contribution in [0.25, 0.3) is 110 Å². The van der Waals surface area contributed by atoms with Gasteiger partial charge in [-0.25, -0.2) is 19.9 Å². The van der Waals surface area contributed by atoms with Crippen molar-refractivity contribution in [3.63, 3.8) is 0 Å². The fourth-order valence-corrected chi connectivity index (χ4v) is 8.13. The van der Waals surface area contributed by atoms with Gasteiger partial charge in [0.05, 0.1) is 5.52 Å². The van der Waals surface area contributed by atoms with Crippen LogP contribution >= 0.6 is 0 Å². The average molecular weight is 687 g/mol. The van der Waals surface area contributed by atoms with Crippen LogP contribution in [-0.2, 0) is 0 Å². The zero-order valence-electron chi connectivity index (χ0n) is 29.1. The highest BCUT2D eigenvalue weighted by Crippen LogP contribution is 2.41. The quantitative estimate of drug-likeness (QED) is 0.173. The van der Waals surface area contributed by atoms with E-state index < -0.39 is 0 Å². The summed E-state index contributed by atoms with van der Waals surface area (Å²) in [4.78, 5) is 20.9. The molecular weight excluding hydrogens is 657 g/mol. The molecular formula is C50H30N4. The van der Waals surface area contributed by atoms with Crippen molar-refractivity contribution < 1.29 is 0 Å². The molecule has 0 saturated carbocycles. The fraction of sp³-hybridized carbons (Fsp3) is 0. The molecule has 9 aromatic carbocycles. The number of hydrogen-bond acceptors (Lipinski definition) is 4. The van der Waals surface area contributed by atoms with Crippen molar-refractivity contribution in [3.05, 3.63) is 182 Å². The molecule has 0 atom stereocenters. The van der Waals surface area contributed by atoms with Gasteiger partial charge in [0.15, 0.2) is 17.5 Å². The van der Waals surface area contributed by atoms with Crippen LogP contribution in [-0.4, -0.2) is 19.9 Å². The van der Waals surface area contributed by atoms with Crippen molar-refractivity contribution in [1.29, 1.82) is 0 Å². The number of aromatic nitrogens is 4. The van der Waals surface area contributed by atoms with E-state index in [0.717, 1.165) is 60.4 Å². The summed E-state index contributed by atoms with van der Waals surface area (Å²) in [6, 6.07) is 64.1. The number of fused-ring (bicyclic) bond motifs is 10. The number of pyridine rings is 1. The Kier molecular flexibility index (Phi) is 6.82. The topological polar surface area (TPSA) is 51.6 Å². The Balaban J connectivity index is 1.21. The van der Waals surface area contributed by atoms with Gasteiger partial charge in [-0.15, -0.1) is 0 Å². The van der Waals surface area contributed by atoms with Crippen molar-refractivity contribution in [1.82, 2.24) is 19.9 Å². The summed E-state index contributed by atoms with van der Waals surface area (Å²) in [5, 5.41) is 12.9. The molecule has 54 heavy (non-hydrogen) atoms. The Bertz CT molecular complexity index is 3240. The van der Waals surface area contributed by atoms with Gasteiger partial charge in [-0.05, 0) is 83.9 Å². The molecule has 0 spiro atoms. The summed E-state index contributed by atoms with van der Waals surface area (Å²) in [6.45, 7) is 0. The van der Waals surface area contributed by atoms with E-state index >= 15 is 0 Å². The summed E-state index contributed by atoms with van der Waals surface area (Å²) in [6.07, 6.45) is 0. The largest absolute Gasteiger partial charge is 0.244 e. The molecule has 0 N–H and O–H groups in total. The van der Waals surface area contributed by atoms with Gasteiger partial charge in [0.1, 0.15) is 5.69 Å². The Labute approximate surface area is 311 Å². The lowest BCUT2D eigenvalue weighted by molar-refractivity contribution is 1.07. The molecule has 250 valence electrons. The lowest BCUT2D eigenvalue weighted by Crippen LogP contribution is -2.03. The molecule has 0 saturated heterocycles. The van der Waals surface area contributed by atoms with Crippen LogP contribution < -0.4 is 0 Å². The SMILES string of the molecule is c1ccc(-c2nc(-c3cc4ccccc4cc3-c3ccc4c5ccccc5c5ccccc5c4c3)nc(-c3nc4ccccc4c4ccccc34)n2)cc1. The summed E-state index contributed by atoms with van der Waals surface area (Å²) in [5.41, 5.74) is 5.64. The second-order valence-electron chi connectivity index (χ2n) is 13.8. The fourth-order valence-electron chi connectivity index (χ4n) is 8.13. The second kappa shape index (κ2) is 12.1. The van der Waals surface area contributed by atoms with Crippen molar-refractivity contribution in [2.75, 3.05) is 0 Å². The van der Waals surface area contributed by atoms with Gasteiger partial charge in [-0.2, -0.15) is 0 Å². The maximum absolute atomic E-state index is 5.32. The summed E-state index contributed by atoms with van der Waals surface area (Å²) in [7, 11) is 0. The van der Waals surface area contributed by atoms with Crippen molar-refractivity contribution in [3.8, 4) is 45.4 Å². The molecule has 11 rings (SSSR count). The minimum absolute atomic E-state index is 0.538. The molecule has 0 radical (unpaired) electrons. The average Bonchev–Trinajstić information content (AvgIpc) is 3.25. The zero-order chi connectivity index (χ0) is 35.6. The number of nitrogens with zero attached hydrogens (tertiary/aromatic N) is 4. The third kappa shape index (κ3) is 4.85. The van der Waals surface area contributed by atoms with Crippen molar-refractivity contribution in [2.45, 2.75) is 0 Å². The Morgan fingerprint density at radius 1 is 0.259 bits per heavy atom. The van der Waals surface area contributed by atoms with E-state index in [1.54, 1.807) is 0 Å². The Morgan fingerprint density at radius 3 is 1.43 bits per heavy atom. The van der Waals surface area contributed by atoms with Crippen molar-refractivity contribution >= 4 is 64.8 Å². The molecule has 0 fully saturated rings. The predicted molar refractivity (Wildman–Crippen MR) is 224 cm³/mol. The first-order valence-electron chi connectivity index (χ1n) is 18.2. The molecule has 4 heteroatoms. The monoisotopic (exact) mass is 686 g/mol. The van der Waals surface area contributed by atoms with Gasteiger partial charge in [0.25, 0.3) is 0 Å². The van der Waals surface area contributed by atoms with E-state index in [1.165, 1.54) is 32.3 Å². The van der Waals surface area contributed by atoms with Crippen molar-refractivity contribution in [2.24, 2.45) is 0 Å². The standard InChI is InChI=1S/C50H30N4/c1-2-14-31(15-3-1)48-52-49(54-50(53-48)47-42-24-11-10-22-39(42)41-23-12-13-25-46(41)51-47)45-29-33-17-5-4-16-32(33)28-43(45)34-26-27-40-37-20-7-6-18-35(37)36-19-8-9-21-38(36)44(40)30-34/h1-30H. The van der Waals surface area contributed by atoms with E-state index in [4.69, 9.17) is 19.9 Å². The van der Waals surface area contributed by atoms with Gasteiger partial charge in [0.2, 0.25) is 0 Å². The van der Waals surface area contributed by atoms with Gasteiger partial charge >= 0.3 is 0 Å². The Morgan fingerprint density at radius 2 is 0.741 bits per heavy atom. The van der Waals surface area contributed by atoms with E-state index in [1.807, 2.05) is 24.3 Å². The highest BCUT2D eigenvalue weighted by molar-refractivity contribution is 6.26. The molecule has 2 heterocycles. The molecule has 2 aromatic heterocycles. The molecule has 0 aliphatic rings. The minimum Gasteiger partial charge on any atom is -0.244 e. The Hall–Kier alpha value is -7.30. The first kappa shape index (κ1) is 30.3. The summed E-state index contributed by atoms with van der Waals surface area (Å²) >= 11 is 0. The van der Waals surface area contributed by atoms with E-state index in [2.05, 4.69) is 158 Å². The highest BCUT2D eigenvalue weighted by atomic mass is 15.0. The number of rotatable bonds is 4. The van der Waals surface area contributed by atoms with Gasteiger partial charge in [0, 0.05) is 21.9 Å². The molecule has 0 aliphatic carbocycles. The van der Waals surface area contributed by atoms with Gasteiger partial charge in [-0.3, -0.25) is 0 Å². The van der Waals surface area contributed by atoms with Crippen LogP contribution in [0.15, 0.2) is 182 Å². The minimum atomic E-state index is 0.538. The third-order valence-electron chi connectivity index (χ3n) is 10.7. The molecule has 4 nitrogen and oxygen atoms in total. The zero-order valence-corrected chi connectivity index (χ0v) is 29.1. The second-order valence-corrected chi connectivity index (χ2v) is 13.8. The van der Waals surface area contributed by atoms with E-state index in [-0.39, 0.29) is 0 Å². The van der Waals surface area contributed by atoms with Crippen LogP contribution in [0.3, 0.4) is 0 Å². The summed E-state index contributed by atoms with van der Waals surface area (Å²) in [5.74, 6) is 1.74. The normalized spacial score (nSPS) is 11.7. The molecule has 11 aromatic rings. The van der Waals surface area contributed by atoms with Gasteiger partial charge in [-0.1, -0.05) is 158 Å². The first-order valence-corrected chi connectivity index (χ1v) is 18.2. The predicted octanol–water partition coefficient (Wildman–Crippen LogP) is 12.9. The summed E-state index contributed by atoms with van der Waals surface area (Å²) < 4.78 is 0. The molecule has 0 aliphatic heterocycles. The number of benzene rings is 9. The van der Waals surface area contributed by atoms with Crippen LogP contribution in [0.4, 0.5) is 0 Å². The van der Waals surface area contributed by atoms with Gasteiger partial charge < -0.3 is 0 Å². The lowest BCUT2D eigenvalue weighted by atomic mass is 9.90. The maximum atomic E-state index is 5.32. The van der Waals surface area contributed by atoms with E-state index in [0.29, 0.717) is 17.5 Å². The van der Waals surface area contributed by atoms with Crippen LogP contribution in [0, 0.1) is 0 Å². The smallest absolute Gasteiger partial charge is 0.183 e. The van der Waals surface area contributed by atoms with Crippen LogP contribution in [0.2, 0.25) is 0 Å². The van der Waals surface area contributed by atoms with Crippen LogP contribution in [0.1, 0.15) is 0 Å².